The number of ketones is 1. The highest BCUT2D eigenvalue weighted by atomic mass is 16.3. The summed E-state index contributed by atoms with van der Waals surface area (Å²) in [7, 11) is 0. The van der Waals surface area contributed by atoms with Gasteiger partial charge < -0.3 is 9.52 Å². The van der Waals surface area contributed by atoms with Crippen LogP contribution in [-0.2, 0) is 0 Å². The molecule has 0 spiro atoms. The number of aromatic hydroxyl groups is 1. The highest BCUT2D eigenvalue weighted by molar-refractivity contribution is 6.14. The highest BCUT2D eigenvalue weighted by Crippen LogP contribution is 2.43. The average molecular weight is 390 g/mol. The third-order valence-corrected chi connectivity index (χ3v) is 5.19. The van der Waals surface area contributed by atoms with Gasteiger partial charge in [-0.2, -0.15) is 0 Å². The fourth-order valence-corrected chi connectivity index (χ4v) is 3.79. The molecule has 0 saturated heterocycles. The largest absolute Gasteiger partial charge is 0.508 e. The molecule has 0 atom stereocenters. The van der Waals surface area contributed by atoms with Crippen LogP contribution in [0.5, 0.6) is 5.75 Å². The van der Waals surface area contributed by atoms with Crippen molar-refractivity contribution in [2.45, 2.75) is 0 Å². The smallest absolute Gasteiger partial charge is 0.193 e. The lowest BCUT2D eigenvalue weighted by molar-refractivity contribution is 0.103. The van der Waals surface area contributed by atoms with E-state index in [1.54, 1.807) is 18.2 Å². The second-order valence-corrected chi connectivity index (χ2v) is 7.09. The van der Waals surface area contributed by atoms with E-state index in [-0.39, 0.29) is 11.5 Å². The Hall–Kier alpha value is -4.11. The van der Waals surface area contributed by atoms with E-state index >= 15 is 0 Å². The first-order valence-electron chi connectivity index (χ1n) is 9.72. The summed E-state index contributed by atoms with van der Waals surface area (Å²) in [6, 6.07) is 31.6. The van der Waals surface area contributed by atoms with Gasteiger partial charge >= 0.3 is 0 Å². The summed E-state index contributed by atoms with van der Waals surface area (Å²) in [5.74, 6) is 0.718. The van der Waals surface area contributed by atoms with Crippen LogP contribution in [-0.4, -0.2) is 10.9 Å². The number of fused-ring (bicyclic) bond motifs is 1. The predicted molar refractivity (Wildman–Crippen MR) is 119 cm³/mol. The third-order valence-electron chi connectivity index (χ3n) is 5.19. The number of furan rings is 1. The number of rotatable bonds is 4. The summed E-state index contributed by atoms with van der Waals surface area (Å²) in [5.41, 5.74) is 4.39. The molecule has 0 saturated carbocycles. The van der Waals surface area contributed by atoms with Crippen LogP contribution in [0, 0.1) is 0 Å². The molecule has 1 aromatic heterocycles. The van der Waals surface area contributed by atoms with Gasteiger partial charge in [0, 0.05) is 27.6 Å². The van der Waals surface area contributed by atoms with Crippen LogP contribution >= 0.6 is 0 Å². The van der Waals surface area contributed by atoms with Crippen molar-refractivity contribution in [2.24, 2.45) is 0 Å². The molecule has 0 radical (unpaired) electrons. The Bertz CT molecular complexity index is 1350. The molecule has 5 rings (SSSR count). The van der Waals surface area contributed by atoms with Crippen molar-refractivity contribution >= 4 is 16.8 Å². The van der Waals surface area contributed by atoms with E-state index in [0.29, 0.717) is 22.5 Å². The number of phenolic OH excluding ortho intramolecular Hbond substituents is 1. The Balaban J connectivity index is 1.79. The third kappa shape index (κ3) is 3.07. The summed E-state index contributed by atoms with van der Waals surface area (Å²) in [6.45, 7) is 0. The average Bonchev–Trinajstić information content (AvgIpc) is 3.18. The minimum absolute atomic E-state index is 0.0616. The van der Waals surface area contributed by atoms with E-state index in [0.717, 1.165) is 22.1 Å². The van der Waals surface area contributed by atoms with Gasteiger partial charge in [-0.15, -0.1) is 0 Å². The summed E-state index contributed by atoms with van der Waals surface area (Å²) >= 11 is 0. The van der Waals surface area contributed by atoms with E-state index < -0.39 is 0 Å². The van der Waals surface area contributed by atoms with Crippen molar-refractivity contribution < 1.29 is 14.3 Å². The second-order valence-electron chi connectivity index (χ2n) is 7.09. The minimum Gasteiger partial charge on any atom is -0.508 e. The van der Waals surface area contributed by atoms with Gasteiger partial charge in [0.15, 0.2) is 5.78 Å². The van der Waals surface area contributed by atoms with Gasteiger partial charge in [-0.25, -0.2) is 0 Å². The van der Waals surface area contributed by atoms with E-state index in [2.05, 4.69) is 0 Å². The van der Waals surface area contributed by atoms with Crippen molar-refractivity contribution in [3.8, 4) is 28.2 Å². The van der Waals surface area contributed by atoms with Crippen molar-refractivity contribution in [2.75, 3.05) is 0 Å². The van der Waals surface area contributed by atoms with Crippen LogP contribution in [0.3, 0.4) is 0 Å². The Morgan fingerprint density at radius 1 is 0.733 bits per heavy atom. The van der Waals surface area contributed by atoms with Gasteiger partial charge in [-0.3, -0.25) is 4.79 Å². The molecule has 4 aromatic carbocycles. The first-order valence-corrected chi connectivity index (χ1v) is 9.72. The van der Waals surface area contributed by atoms with Crippen LogP contribution < -0.4 is 0 Å². The highest BCUT2D eigenvalue weighted by Gasteiger charge is 2.22. The molecule has 3 nitrogen and oxygen atoms in total. The molecule has 0 aliphatic rings. The minimum atomic E-state index is -0.0616. The van der Waals surface area contributed by atoms with Crippen molar-refractivity contribution in [1.29, 1.82) is 0 Å². The molecule has 30 heavy (non-hydrogen) atoms. The Labute approximate surface area is 173 Å². The molecule has 0 bridgehead atoms. The second kappa shape index (κ2) is 7.37. The maximum absolute atomic E-state index is 13.3. The van der Waals surface area contributed by atoms with Gasteiger partial charge in [-0.05, 0) is 23.8 Å². The number of hydrogen-bond donors (Lipinski definition) is 1. The monoisotopic (exact) mass is 390 g/mol. The van der Waals surface area contributed by atoms with Gasteiger partial charge in [0.25, 0.3) is 0 Å². The molecular weight excluding hydrogens is 372 g/mol. The van der Waals surface area contributed by atoms with E-state index in [1.807, 2.05) is 84.9 Å². The molecule has 0 aliphatic carbocycles. The first-order chi connectivity index (χ1) is 14.7. The standard InChI is InChI=1S/C27H18O3/c28-20-15-16-24-23(17-20)25(18-9-3-1-4-10-18)27(30-24)22-14-8-7-13-21(22)26(29)19-11-5-2-6-12-19/h1-17,28H. The van der Waals surface area contributed by atoms with Crippen LogP contribution in [0.2, 0.25) is 0 Å². The Morgan fingerprint density at radius 2 is 1.40 bits per heavy atom. The van der Waals surface area contributed by atoms with Crippen LogP contribution in [0.4, 0.5) is 0 Å². The van der Waals surface area contributed by atoms with E-state index in [9.17, 15) is 9.90 Å². The molecular formula is C27H18O3. The van der Waals surface area contributed by atoms with E-state index in [4.69, 9.17) is 4.42 Å². The molecule has 0 fully saturated rings. The Morgan fingerprint density at radius 3 is 2.17 bits per heavy atom. The lowest BCUT2D eigenvalue weighted by Crippen LogP contribution is -2.03. The molecule has 144 valence electrons. The van der Waals surface area contributed by atoms with Crippen LogP contribution in [0.25, 0.3) is 33.4 Å². The maximum Gasteiger partial charge on any atom is 0.193 e. The summed E-state index contributed by atoms with van der Waals surface area (Å²) in [5, 5.41) is 10.9. The molecule has 5 aromatic rings. The van der Waals surface area contributed by atoms with Gasteiger partial charge in [0.1, 0.15) is 17.1 Å². The number of carbonyl (C=O) groups excluding carboxylic acids is 1. The van der Waals surface area contributed by atoms with Gasteiger partial charge in [0.05, 0.1) is 0 Å². The lowest BCUT2D eigenvalue weighted by Gasteiger charge is -2.09. The zero-order chi connectivity index (χ0) is 20.5. The molecule has 1 heterocycles. The molecule has 0 aliphatic heterocycles. The molecule has 0 unspecified atom stereocenters. The van der Waals surface area contributed by atoms with Crippen molar-refractivity contribution in [3.63, 3.8) is 0 Å². The van der Waals surface area contributed by atoms with Crippen LogP contribution in [0.1, 0.15) is 15.9 Å². The van der Waals surface area contributed by atoms with Crippen LogP contribution in [0.15, 0.2) is 108 Å². The summed E-state index contributed by atoms with van der Waals surface area (Å²) in [4.78, 5) is 13.3. The summed E-state index contributed by atoms with van der Waals surface area (Å²) < 4.78 is 6.26. The van der Waals surface area contributed by atoms with Crippen molar-refractivity contribution in [3.05, 3.63) is 114 Å². The van der Waals surface area contributed by atoms with E-state index in [1.165, 1.54) is 0 Å². The van der Waals surface area contributed by atoms with Gasteiger partial charge in [0.2, 0.25) is 0 Å². The summed E-state index contributed by atoms with van der Waals surface area (Å²) in [6.07, 6.45) is 0. The predicted octanol–water partition coefficient (Wildman–Crippen LogP) is 6.70. The topological polar surface area (TPSA) is 50.4 Å². The first kappa shape index (κ1) is 18.0. The Kier molecular flexibility index (Phi) is 4.41. The normalized spacial score (nSPS) is 10.9. The number of phenols is 1. The van der Waals surface area contributed by atoms with Crippen molar-refractivity contribution in [1.82, 2.24) is 0 Å². The number of hydrogen-bond acceptors (Lipinski definition) is 3. The fraction of sp³-hybridized carbons (Fsp3) is 0. The zero-order valence-electron chi connectivity index (χ0n) is 16.1. The molecule has 1 N–H and O–H groups in total. The van der Waals surface area contributed by atoms with Gasteiger partial charge in [-0.1, -0.05) is 84.9 Å². The molecule has 0 amide bonds. The molecule has 3 heteroatoms. The SMILES string of the molecule is O=C(c1ccccc1)c1ccccc1-c1oc2ccc(O)cc2c1-c1ccccc1. The lowest BCUT2D eigenvalue weighted by atomic mass is 9.93. The maximum atomic E-state index is 13.3. The quantitative estimate of drug-likeness (QED) is 0.347. The number of carbonyl (C=O) groups is 1. The fourth-order valence-electron chi connectivity index (χ4n) is 3.79. The number of benzene rings is 4. The zero-order valence-corrected chi connectivity index (χ0v) is 16.1.